The summed E-state index contributed by atoms with van der Waals surface area (Å²) < 4.78 is 30.0. The maximum absolute atomic E-state index is 15.6. The maximum Gasteiger partial charge on any atom is 0.239 e. The third-order valence-electron chi connectivity index (χ3n) is 7.42. The van der Waals surface area contributed by atoms with E-state index in [2.05, 4.69) is 29.1 Å². The molecule has 7 heteroatoms. The van der Waals surface area contributed by atoms with E-state index >= 15 is 4.39 Å². The van der Waals surface area contributed by atoms with Gasteiger partial charge < -0.3 is 15.2 Å². The molecule has 2 aliphatic heterocycles. The van der Waals surface area contributed by atoms with Gasteiger partial charge in [0.25, 0.3) is 0 Å². The predicted molar refractivity (Wildman–Crippen MR) is 125 cm³/mol. The monoisotopic (exact) mass is 452 g/mol. The number of pyridine rings is 1. The number of halogens is 2. The fourth-order valence-electron chi connectivity index (χ4n) is 6.01. The van der Waals surface area contributed by atoms with E-state index in [4.69, 9.17) is 0 Å². The lowest BCUT2D eigenvalue weighted by atomic mass is 9.73. The van der Waals surface area contributed by atoms with Gasteiger partial charge in [-0.2, -0.15) is 0 Å². The van der Waals surface area contributed by atoms with Gasteiger partial charge >= 0.3 is 0 Å². The molecule has 0 spiro atoms. The molecule has 2 aromatic heterocycles. The van der Waals surface area contributed by atoms with Crippen molar-refractivity contribution in [3.63, 3.8) is 0 Å². The van der Waals surface area contributed by atoms with Crippen LogP contribution in [-0.2, 0) is 4.79 Å². The Morgan fingerprint density at radius 1 is 1.15 bits per heavy atom. The van der Waals surface area contributed by atoms with Crippen LogP contribution in [0.2, 0.25) is 0 Å². The van der Waals surface area contributed by atoms with E-state index < -0.39 is 5.82 Å². The lowest BCUT2D eigenvalue weighted by Gasteiger charge is -2.43. The van der Waals surface area contributed by atoms with Gasteiger partial charge in [0.2, 0.25) is 5.91 Å². The van der Waals surface area contributed by atoms with Crippen molar-refractivity contribution in [2.45, 2.75) is 45.6 Å². The summed E-state index contributed by atoms with van der Waals surface area (Å²) in [5, 5.41) is 3.67. The van der Waals surface area contributed by atoms with Gasteiger partial charge in [-0.3, -0.25) is 4.79 Å². The molecule has 1 amide bonds. The molecule has 1 aromatic carbocycles. The smallest absolute Gasteiger partial charge is 0.239 e. The molecule has 2 unspecified atom stereocenters. The Morgan fingerprint density at radius 2 is 1.91 bits per heavy atom. The highest BCUT2D eigenvalue weighted by Gasteiger charge is 2.39. The Labute approximate surface area is 192 Å². The molecule has 0 saturated carbocycles. The Kier molecular flexibility index (Phi) is 5.69. The minimum absolute atomic E-state index is 0.0149. The zero-order valence-electron chi connectivity index (χ0n) is 19.3. The minimum Gasteiger partial charge on any atom is -0.343 e. The largest absolute Gasteiger partial charge is 0.343 e. The molecule has 2 saturated heterocycles. The molecular weight excluding hydrogens is 422 g/mol. The second-order valence-corrected chi connectivity index (χ2v) is 9.78. The summed E-state index contributed by atoms with van der Waals surface area (Å²) in [6.07, 6.45) is 4.80. The van der Waals surface area contributed by atoms with Gasteiger partial charge in [-0.25, -0.2) is 13.8 Å². The van der Waals surface area contributed by atoms with E-state index in [-0.39, 0.29) is 35.5 Å². The number of aromatic nitrogens is 2. The molecule has 174 valence electrons. The number of carbonyl (C=O) groups excluding carboxylic acids is 1. The summed E-state index contributed by atoms with van der Waals surface area (Å²) in [6.45, 7) is 8.30. The number of benzene rings is 1. The molecule has 0 radical (unpaired) electrons. The van der Waals surface area contributed by atoms with Crippen molar-refractivity contribution in [2.75, 3.05) is 19.6 Å². The average molecular weight is 453 g/mol. The molecule has 0 aliphatic carbocycles. The van der Waals surface area contributed by atoms with E-state index in [0.29, 0.717) is 40.8 Å². The molecule has 3 aromatic rings. The lowest BCUT2D eigenvalue weighted by Crippen LogP contribution is -2.51. The number of nitrogens with zero attached hydrogens (tertiary/aromatic N) is 2. The Bertz CT molecular complexity index is 1170. The van der Waals surface area contributed by atoms with Gasteiger partial charge in [-0.1, -0.05) is 19.9 Å². The number of aromatic amines is 1. The number of hydrogen-bond donors (Lipinski definition) is 2. The summed E-state index contributed by atoms with van der Waals surface area (Å²) in [6, 6.07) is 5.10. The average Bonchev–Trinajstić information content (AvgIpc) is 3.45. The molecule has 0 bridgehead atoms. The molecule has 2 N–H and O–H groups in total. The number of hydrogen-bond acceptors (Lipinski definition) is 3. The highest BCUT2D eigenvalue weighted by Crippen LogP contribution is 2.42. The highest BCUT2D eigenvalue weighted by molar-refractivity contribution is 5.93. The fourth-order valence-corrected chi connectivity index (χ4v) is 6.01. The first kappa shape index (κ1) is 22.0. The van der Waals surface area contributed by atoms with Crippen LogP contribution < -0.4 is 5.32 Å². The first-order chi connectivity index (χ1) is 15.8. The summed E-state index contributed by atoms with van der Waals surface area (Å²) >= 11 is 0. The van der Waals surface area contributed by atoms with Crippen LogP contribution >= 0.6 is 0 Å². The van der Waals surface area contributed by atoms with Crippen LogP contribution in [0.5, 0.6) is 0 Å². The summed E-state index contributed by atoms with van der Waals surface area (Å²) in [4.78, 5) is 21.9. The molecule has 33 heavy (non-hydrogen) atoms. The van der Waals surface area contributed by atoms with Crippen LogP contribution in [0, 0.1) is 30.4 Å². The van der Waals surface area contributed by atoms with Crippen molar-refractivity contribution in [2.24, 2.45) is 11.8 Å². The molecular formula is C26H30F2N4O. The number of amides is 1. The van der Waals surface area contributed by atoms with Crippen molar-refractivity contribution in [1.29, 1.82) is 0 Å². The number of H-pyrrole nitrogens is 1. The van der Waals surface area contributed by atoms with Crippen molar-refractivity contribution < 1.29 is 13.6 Å². The number of piperidine rings is 1. The molecule has 4 heterocycles. The topological polar surface area (TPSA) is 61.0 Å². The third kappa shape index (κ3) is 3.82. The number of carbonyl (C=O) groups is 1. The van der Waals surface area contributed by atoms with Crippen molar-refractivity contribution in [1.82, 2.24) is 20.2 Å². The van der Waals surface area contributed by atoms with Crippen molar-refractivity contribution in [3.8, 4) is 11.1 Å². The molecule has 4 atom stereocenters. The summed E-state index contributed by atoms with van der Waals surface area (Å²) in [7, 11) is 0. The fraction of sp³-hybridized carbons (Fsp3) is 0.462. The number of nitrogens with one attached hydrogen (secondary N) is 2. The Balaban J connectivity index is 1.45. The second kappa shape index (κ2) is 8.52. The van der Waals surface area contributed by atoms with Crippen LogP contribution in [0.25, 0.3) is 22.2 Å². The number of aryl methyl sites for hydroxylation is 1. The third-order valence-corrected chi connectivity index (χ3v) is 7.42. The molecule has 2 fully saturated rings. The van der Waals surface area contributed by atoms with Crippen molar-refractivity contribution in [3.05, 3.63) is 53.4 Å². The maximum atomic E-state index is 15.6. The quantitative estimate of drug-likeness (QED) is 0.602. The van der Waals surface area contributed by atoms with Crippen LogP contribution in [0.15, 0.2) is 30.6 Å². The minimum atomic E-state index is -0.397. The second-order valence-electron chi connectivity index (χ2n) is 9.78. The summed E-state index contributed by atoms with van der Waals surface area (Å²) in [5.74, 6) is -0.215. The normalized spacial score (nSPS) is 25.7. The van der Waals surface area contributed by atoms with Crippen LogP contribution in [0.4, 0.5) is 8.78 Å². The number of rotatable bonds is 3. The highest BCUT2D eigenvalue weighted by atomic mass is 19.1. The first-order valence-electron chi connectivity index (χ1n) is 11.8. The van der Waals surface area contributed by atoms with E-state index in [1.807, 2.05) is 17.9 Å². The molecule has 2 aliphatic rings. The van der Waals surface area contributed by atoms with E-state index in [0.717, 1.165) is 24.9 Å². The van der Waals surface area contributed by atoms with E-state index in [1.54, 1.807) is 12.3 Å². The van der Waals surface area contributed by atoms with Crippen LogP contribution in [0.1, 0.15) is 43.7 Å². The van der Waals surface area contributed by atoms with Gasteiger partial charge in [0, 0.05) is 25.5 Å². The number of fused-ring (bicyclic) bond motifs is 1. The number of likely N-dealkylation sites (tertiary alicyclic amines) is 1. The molecule has 5 nitrogen and oxygen atoms in total. The first-order valence-corrected chi connectivity index (χ1v) is 11.8. The zero-order chi connectivity index (χ0) is 23.3. The van der Waals surface area contributed by atoms with Crippen LogP contribution in [-0.4, -0.2) is 46.5 Å². The Hall–Kier alpha value is -2.80. The van der Waals surface area contributed by atoms with E-state index in [9.17, 15) is 9.18 Å². The van der Waals surface area contributed by atoms with Gasteiger partial charge in [0.1, 0.15) is 11.5 Å². The predicted octanol–water partition coefficient (Wildman–Crippen LogP) is 4.77. The van der Waals surface area contributed by atoms with E-state index in [1.165, 1.54) is 12.3 Å². The molecule has 5 rings (SSSR count). The SMILES string of the molecule is Cc1cc(-c2ccnc3[nH]cc(F)c23)cc(F)c1C1[C@H](C)CN(C(=O)C2CCCN2)C[C@@H]1C. The summed E-state index contributed by atoms with van der Waals surface area (Å²) in [5.41, 5.74) is 3.28. The lowest BCUT2D eigenvalue weighted by molar-refractivity contribution is -0.136. The van der Waals surface area contributed by atoms with Gasteiger partial charge in [0.15, 0.2) is 5.82 Å². The van der Waals surface area contributed by atoms with Gasteiger partial charge in [0.05, 0.1) is 11.4 Å². The van der Waals surface area contributed by atoms with Crippen molar-refractivity contribution >= 4 is 16.9 Å². The zero-order valence-corrected chi connectivity index (χ0v) is 19.3. The van der Waals surface area contributed by atoms with Gasteiger partial charge in [-0.05, 0) is 78.5 Å². The van der Waals surface area contributed by atoms with Crippen LogP contribution in [0.3, 0.4) is 0 Å². The standard InChI is InChI=1S/C26H30F2N4O/c1-14-9-17(18-6-8-30-25-24(18)20(28)11-31-25)10-19(27)23(14)22-15(2)12-32(13-16(22)3)26(33)21-5-4-7-29-21/h6,8-11,15-16,21-22,29H,4-5,7,12-13H2,1-3H3,(H,30,31)/t15-,16+,21?,22?. The Morgan fingerprint density at radius 3 is 2.58 bits per heavy atom. The van der Waals surface area contributed by atoms with Gasteiger partial charge in [-0.15, -0.1) is 0 Å².